The predicted molar refractivity (Wildman–Crippen MR) is 73.4 cm³/mol. The molecule has 6 heteroatoms. The van der Waals surface area contributed by atoms with Gasteiger partial charge in [-0.1, -0.05) is 19.8 Å². The molecule has 0 amide bonds. The van der Waals surface area contributed by atoms with Crippen molar-refractivity contribution in [1.29, 1.82) is 0 Å². The molecule has 0 spiro atoms. The lowest BCUT2D eigenvalue weighted by Crippen LogP contribution is -2.31. The Kier molecular flexibility index (Phi) is 4.44. The largest absolute Gasteiger partial charge is 0.478 e. The summed E-state index contributed by atoms with van der Waals surface area (Å²) in [6.07, 6.45) is -0.411. The maximum Gasteiger partial charge on any atom is 0.416 e. The number of carboxylic acid groups (broad SMARTS) is 1. The van der Waals surface area contributed by atoms with Gasteiger partial charge in [-0.2, -0.15) is 13.2 Å². The lowest BCUT2D eigenvalue weighted by atomic mass is 9.85. The van der Waals surface area contributed by atoms with E-state index >= 15 is 0 Å². The van der Waals surface area contributed by atoms with Crippen molar-refractivity contribution in [2.45, 2.75) is 44.8 Å². The molecule has 1 aromatic rings. The van der Waals surface area contributed by atoms with Crippen molar-refractivity contribution in [1.82, 2.24) is 0 Å². The zero-order valence-electron chi connectivity index (χ0n) is 11.7. The van der Waals surface area contributed by atoms with E-state index in [2.05, 4.69) is 12.2 Å². The first-order valence-corrected chi connectivity index (χ1v) is 7.00. The third-order valence-electron chi connectivity index (χ3n) is 4.03. The van der Waals surface area contributed by atoms with E-state index in [0.29, 0.717) is 12.0 Å². The number of hydrogen-bond acceptors (Lipinski definition) is 2. The summed E-state index contributed by atoms with van der Waals surface area (Å²) in [4.78, 5) is 11.2. The summed E-state index contributed by atoms with van der Waals surface area (Å²) in [6.45, 7) is 2.07. The van der Waals surface area contributed by atoms with Crippen LogP contribution in [0.25, 0.3) is 0 Å². The molecule has 21 heavy (non-hydrogen) atoms. The maximum absolute atomic E-state index is 12.7. The molecule has 1 aliphatic carbocycles. The van der Waals surface area contributed by atoms with E-state index in [-0.39, 0.29) is 17.3 Å². The fourth-order valence-electron chi connectivity index (χ4n) is 2.75. The number of benzene rings is 1. The molecule has 0 aromatic heterocycles. The molecular formula is C15H18F3NO2. The number of hydrogen-bond donors (Lipinski definition) is 2. The first-order chi connectivity index (χ1) is 9.79. The van der Waals surface area contributed by atoms with Gasteiger partial charge in [0, 0.05) is 11.7 Å². The molecule has 2 rings (SSSR count). The number of rotatable bonds is 3. The number of halogens is 3. The van der Waals surface area contributed by atoms with Crippen LogP contribution in [0.5, 0.6) is 0 Å². The fraction of sp³-hybridized carbons (Fsp3) is 0.533. The van der Waals surface area contributed by atoms with Gasteiger partial charge in [0.2, 0.25) is 0 Å². The highest BCUT2D eigenvalue weighted by Crippen LogP contribution is 2.33. The first-order valence-electron chi connectivity index (χ1n) is 7.00. The number of carbonyl (C=O) groups is 1. The minimum atomic E-state index is -4.54. The molecule has 0 bridgehead atoms. The highest BCUT2D eigenvalue weighted by molar-refractivity contribution is 5.94. The van der Waals surface area contributed by atoms with Crippen molar-refractivity contribution >= 4 is 11.7 Å². The van der Waals surface area contributed by atoms with Crippen LogP contribution in [-0.4, -0.2) is 17.1 Å². The van der Waals surface area contributed by atoms with Crippen LogP contribution in [-0.2, 0) is 6.18 Å². The van der Waals surface area contributed by atoms with Crippen molar-refractivity contribution in [3.05, 3.63) is 29.3 Å². The Labute approximate surface area is 121 Å². The summed E-state index contributed by atoms with van der Waals surface area (Å²) < 4.78 is 38.0. The highest BCUT2D eigenvalue weighted by atomic mass is 19.4. The zero-order chi connectivity index (χ0) is 15.6. The molecule has 1 aromatic carbocycles. The molecule has 2 atom stereocenters. The Morgan fingerprint density at radius 1 is 1.29 bits per heavy atom. The second-order valence-corrected chi connectivity index (χ2v) is 5.58. The Morgan fingerprint density at radius 2 is 1.95 bits per heavy atom. The first kappa shape index (κ1) is 15.7. The van der Waals surface area contributed by atoms with Crippen LogP contribution < -0.4 is 5.32 Å². The van der Waals surface area contributed by atoms with Crippen LogP contribution in [0.2, 0.25) is 0 Å². The predicted octanol–water partition coefficient (Wildman–Crippen LogP) is 4.39. The molecule has 2 N–H and O–H groups in total. The topological polar surface area (TPSA) is 49.3 Å². The van der Waals surface area contributed by atoms with Crippen LogP contribution in [0.15, 0.2) is 18.2 Å². The number of aromatic carboxylic acids is 1. The van der Waals surface area contributed by atoms with Crippen LogP contribution in [0, 0.1) is 5.92 Å². The second kappa shape index (κ2) is 5.95. The average molecular weight is 301 g/mol. The van der Waals surface area contributed by atoms with Gasteiger partial charge >= 0.3 is 12.1 Å². The third-order valence-corrected chi connectivity index (χ3v) is 4.03. The van der Waals surface area contributed by atoms with Gasteiger partial charge in [-0.05, 0) is 37.0 Å². The molecule has 0 saturated heterocycles. The van der Waals surface area contributed by atoms with Crippen molar-refractivity contribution in [2.24, 2.45) is 5.92 Å². The molecule has 1 aliphatic rings. The van der Waals surface area contributed by atoms with E-state index < -0.39 is 17.7 Å². The van der Waals surface area contributed by atoms with Crippen LogP contribution >= 0.6 is 0 Å². The highest BCUT2D eigenvalue weighted by Gasteiger charge is 2.32. The van der Waals surface area contributed by atoms with Crippen molar-refractivity contribution in [2.75, 3.05) is 5.32 Å². The van der Waals surface area contributed by atoms with E-state index in [1.165, 1.54) is 6.07 Å². The lowest BCUT2D eigenvalue weighted by Gasteiger charge is -2.31. The third kappa shape index (κ3) is 3.68. The van der Waals surface area contributed by atoms with E-state index in [1.807, 2.05) is 0 Å². The van der Waals surface area contributed by atoms with Gasteiger partial charge in [0.1, 0.15) is 0 Å². The molecule has 116 valence electrons. The standard InChI is InChI=1S/C15H18F3NO2/c1-9-4-2-3-5-12(9)19-13-7-6-10(15(16,17)18)8-11(13)14(20)21/h6-9,12,19H,2-5H2,1H3,(H,20,21). The minimum Gasteiger partial charge on any atom is -0.478 e. The lowest BCUT2D eigenvalue weighted by molar-refractivity contribution is -0.137. The second-order valence-electron chi connectivity index (χ2n) is 5.58. The average Bonchev–Trinajstić information content (AvgIpc) is 2.40. The van der Waals surface area contributed by atoms with Gasteiger partial charge in [0.05, 0.1) is 11.1 Å². The quantitative estimate of drug-likeness (QED) is 0.870. The Hall–Kier alpha value is -1.72. The number of alkyl halides is 3. The molecule has 0 radical (unpaired) electrons. The van der Waals surface area contributed by atoms with Crippen molar-refractivity contribution in [3.8, 4) is 0 Å². The summed E-state index contributed by atoms with van der Waals surface area (Å²) in [5, 5.41) is 12.3. The van der Waals surface area contributed by atoms with Gasteiger partial charge in [-0.25, -0.2) is 4.79 Å². The zero-order valence-corrected chi connectivity index (χ0v) is 11.7. The summed E-state index contributed by atoms with van der Waals surface area (Å²) in [6, 6.07) is 2.93. The molecule has 1 fully saturated rings. The van der Waals surface area contributed by atoms with Crippen molar-refractivity contribution in [3.63, 3.8) is 0 Å². The molecule has 0 heterocycles. The minimum absolute atomic E-state index is 0.105. The summed E-state index contributed by atoms with van der Waals surface area (Å²) in [5.74, 6) is -0.977. The Balaban J connectivity index is 2.28. The smallest absolute Gasteiger partial charge is 0.416 e. The number of nitrogens with one attached hydrogen (secondary N) is 1. The normalized spacial score (nSPS) is 22.9. The summed E-state index contributed by atoms with van der Waals surface area (Å²) in [5.41, 5.74) is -1.01. The van der Waals surface area contributed by atoms with Gasteiger partial charge < -0.3 is 10.4 Å². The number of anilines is 1. The van der Waals surface area contributed by atoms with Crippen LogP contribution in [0.1, 0.15) is 48.5 Å². The van der Waals surface area contributed by atoms with E-state index in [9.17, 15) is 18.0 Å². The van der Waals surface area contributed by atoms with E-state index in [4.69, 9.17) is 5.11 Å². The van der Waals surface area contributed by atoms with E-state index in [0.717, 1.165) is 31.7 Å². The van der Waals surface area contributed by atoms with Gasteiger partial charge in [-0.15, -0.1) is 0 Å². The fourth-order valence-corrected chi connectivity index (χ4v) is 2.75. The molecule has 0 aliphatic heterocycles. The van der Waals surface area contributed by atoms with Crippen LogP contribution in [0.4, 0.5) is 18.9 Å². The molecule has 2 unspecified atom stereocenters. The van der Waals surface area contributed by atoms with E-state index in [1.54, 1.807) is 0 Å². The molecule has 3 nitrogen and oxygen atoms in total. The van der Waals surface area contributed by atoms with Gasteiger partial charge in [0.25, 0.3) is 0 Å². The van der Waals surface area contributed by atoms with Crippen molar-refractivity contribution < 1.29 is 23.1 Å². The van der Waals surface area contributed by atoms with Gasteiger partial charge in [0.15, 0.2) is 0 Å². The SMILES string of the molecule is CC1CCCCC1Nc1ccc(C(F)(F)F)cc1C(=O)O. The Bertz CT molecular complexity index is 528. The van der Waals surface area contributed by atoms with Crippen LogP contribution in [0.3, 0.4) is 0 Å². The summed E-state index contributed by atoms with van der Waals surface area (Å²) in [7, 11) is 0. The molecule has 1 saturated carbocycles. The maximum atomic E-state index is 12.7. The Morgan fingerprint density at radius 3 is 2.52 bits per heavy atom. The number of carboxylic acids is 1. The molecular weight excluding hydrogens is 283 g/mol. The van der Waals surface area contributed by atoms with Gasteiger partial charge in [-0.3, -0.25) is 0 Å². The summed E-state index contributed by atoms with van der Waals surface area (Å²) >= 11 is 0. The monoisotopic (exact) mass is 301 g/mol.